The lowest BCUT2D eigenvalue weighted by Crippen LogP contribution is -2.31. The topological polar surface area (TPSA) is 38.1 Å². The van der Waals surface area contributed by atoms with Crippen LogP contribution in [-0.4, -0.2) is 34.6 Å². The largest absolute Gasteiger partial charge is 0.303 e. The quantitative estimate of drug-likeness (QED) is 0.681. The summed E-state index contributed by atoms with van der Waals surface area (Å²) < 4.78 is 1.79. The Morgan fingerprint density at radius 1 is 1.60 bits per heavy atom. The van der Waals surface area contributed by atoms with Crippen molar-refractivity contribution in [2.75, 3.05) is 13.6 Å². The SMILES string of the molecule is CN(Cc1cnn(C)c1)CC(C)(C)C=O. The van der Waals surface area contributed by atoms with Crippen molar-refractivity contribution in [3.8, 4) is 0 Å². The van der Waals surface area contributed by atoms with Crippen molar-refractivity contribution in [2.45, 2.75) is 20.4 Å². The van der Waals surface area contributed by atoms with Crippen molar-refractivity contribution in [1.82, 2.24) is 14.7 Å². The zero-order chi connectivity index (χ0) is 11.5. The lowest BCUT2D eigenvalue weighted by molar-refractivity contribution is -0.115. The highest BCUT2D eigenvalue weighted by Gasteiger charge is 2.19. The van der Waals surface area contributed by atoms with Crippen molar-refractivity contribution in [1.29, 1.82) is 0 Å². The van der Waals surface area contributed by atoms with Gasteiger partial charge in [-0.25, -0.2) is 0 Å². The highest BCUT2D eigenvalue weighted by atomic mass is 16.1. The van der Waals surface area contributed by atoms with E-state index in [4.69, 9.17) is 0 Å². The Labute approximate surface area is 90.9 Å². The minimum atomic E-state index is -0.281. The Morgan fingerprint density at radius 3 is 2.73 bits per heavy atom. The lowest BCUT2D eigenvalue weighted by atomic mass is 9.95. The van der Waals surface area contributed by atoms with E-state index < -0.39 is 0 Å². The van der Waals surface area contributed by atoms with Gasteiger partial charge in [-0.15, -0.1) is 0 Å². The average Bonchev–Trinajstić information content (AvgIpc) is 2.50. The predicted octanol–water partition coefficient (Wildman–Crippen LogP) is 1.08. The number of hydrogen-bond acceptors (Lipinski definition) is 3. The molecule has 1 heterocycles. The molecule has 0 bridgehead atoms. The minimum absolute atomic E-state index is 0.281. The zero-order valence-corrected chi connectivity index (χ0v) is 9.90. The first-order chi connectivity index (χ1) is 6.93. The van der Waals surface area contributed by atoms with Crippen LogP contribution in [0.5, 0.6) is 0 Å². The van der Waals surface area contributed by atoms with Crippen LogP contribution in [0.4, 0.5) is 0 Å². The van der Waals surface area contributed by atoms with E-state index in [2.05, 4.69) is 10.00 Å². The molecule has 0 unspecified atom stereocenters. The van der Waals surface area contributed by atoms with Gasteiger partial charge in [0, 0.05) is 37.3 Å². The fourth-order valence-corrected chi connectivity index (χ4v) is 1.65. The van der Waals surface area contributed by atoms with Gasteiger partial charge >= 0.3 is 0 Å². The van der Waals surface area contributed by atoms with Crippen molar-refractivity contribution in [2.24, 2.45) is 12.5 Å². The van der Waals surface area contributed by atoms with Crippen molar-refractivity contribution < 1.29 is 4.79 Å². The number of rotatable bonds is 5. The smallest absolute Gasteiger partial charge is 0.126 e. The molecule has 0 aliphatic carbocycles. The van der Waals surface area contributed by atoms with Crippen LogP contribution in [0.3, 0.4) is 0 Å². The normalized spacial score (nSPS) is 12.1. The molecule has 0 radical (unpaired) electrons. The van der Waals surface area contributed by atoms with E-state index >= 15 is 0 Å². The van der Waals surface area contributed by atoms with Gasteiger partial charge in [0.25, 0.3) is 0 Å². The maximum absolute atomic E-state index is 10.8. The van der Waals surface area contributed by atoms with E-state index in [0.29, 0.717) is 0 Å². The van der Waals surface area contributed by atoms with Gasteiger partial charge in [0.2, 0.25) is 0 Å². The predicted molar refractivity (Wildman–Crippen MR) is 59.4 cm³/mol. The molecule has 1 rings (SSSR count). The maximum atomic E-state index is 10.8. The van der Waals surface area contributed by atoms with Crippen LogP contribution in [0.25, 0.3) is 0 Å². The van der Waals surface area contributed by atoms with Crippen LogP contribution in [0, 0.1) is 5.41 Å². The number of nitrogens with zero attached hydrogens (tertiary/aromatic N) is 3. The van der Waals surface area contributed by atoms with Gasteiger partial charge in [-0.1, -0.05) is 13.8 Å². The zero-order valence-electron chi connectivity index (χ0n) is 9.90. The molecule has 4 nitrogen and oxygen atoms in total. The van der Waals surface area contributed by atoms with E-state index in [1.165, 1.54) is 5.56 Å². The number of aryl methyl sites for hydroxylation is 1. The summed E-state index contributed by atoms with van der Waals surface area (Å²) in [4.78, 5) is 12.9. The lowest BCUT2D eigenvalue weighted by Gasteiger charge is -2.24. The van der Waals surface area contributed by atoms with Gasteiger partial charge in [-0.2, -0.15) is 5.10 Å². The fraction of sp³-hybridized carbons (Fsp3) is 0.636. The fourth-order valence-electron chi connectivity index (χ4n) is 1.65. The summed E-state index contributed by atoms with van der Waals surface area (Å²) in [5, 5.41) is 4.11. The van der Waals surface area contributed by atoms with Crippen LogP contribution in [0.1, 0.15) is 19.4 Å². The van der Waals surface area contributed by atoms with Crippen molar-refractivity contribution >= 4 is 6.29 Å². The van der Waals surface area contributed by atoms with E-state index in [-0.39, 0.29) is 5.41 Å². The molecule has 0 N–H and O–H groups in total. The van der Waals surface area contributed by atoms with E-state index in [0.717, 1.165) is 19.4 Å². The molecule has 0 atom stereocenters. The molecule has 0 spiro atoms. The summed E-state index contributed by atoms with van der Waals surface area (Å²) in [5.41, 5.74) is 0.887. The third-order valence-electron chi connectivity index (χ3n) is 2.21. The van der Waals surface area contributed by atoms with Gasteiger partial charge in [-0.05, 0) is 7.05 Å². The van der Waals surface area contributed by atoms with E-state index in [9.17, 15) is 4.79 Å². The Morgan fingerprint density at radius 2 is 2.27 bits per heavy atom. The first-order valence-electron chi connectivity index (χ1n) is 5.05. The number of carbonyl (C=O) groups excluding carboxylic acids is 1. The van der Waals surface area contributed by atoms with Gasteiger partial charge in [0.05, 0.1) is 6.20 Å². The third kappa shape index (κ3) is 3.83. The number of hydrogen-bond donors (Lipinski definition) is 0. The summed E-state index contributed by atoms with van der Waals surface area (Å²) >= 11 is 0. The van der Waals surface area contributed by atoms with Crippen molar-refractivity contribution in [3.63, 3.8) is 0 Å². The van der Waals surface area contributed by atoms with Crippen LogP contribution >= 0.6 is 0 Å². The second-order valence-corrected chi connectivity index (χ2v) is 4.80. The van der Waals surface area contributed by atoms with Crippen LogP contribution in [0.15, 0.2) is 12.4 Å². The molecule has 0 aliphatic heterocycles. The van der Waals surface area contributed by atoms with Gasteiger partial charge in [0.15, 0.2) is 0 Å². The number of aldehydes is 1. The molecular formula is C11H19N3O. The molecular weight excluding hydrogens is 190 g/mol. The molecule has 0 saturated heterocycles. The van der Waals surface area contributed by atoms with E-state index in [1.807, 2.05) is 40.3 Å². The maximum Gasteiger partial charge on any atom is 0.126 e. The summed E-state index contributed by atoms with van der Waals surface area (Å²) in [6.45, 7) is 5.47. The molecule has 0 saturated carbocycles. The Balaban J connectivity index is 2.49. The first-order valence-corrected chi connectivity index (χ1v) is 5.05. The van der Waals surface area contributed by atoms with Crippen LogP contribution in [0.2, 0.25) is 0 Å². The van der Waals surface area contributed by atoms with Crippen LogP contribution in [-0.2, 0) is 18.4 Å². The molecule has 0 fully saturated rings. The van der Waals surface area contributed by atoms with Gasteiger partial charge in [0.1, 0.15) is 6.29 Å². The number of carbonyl (C=O) groups is 1. The second kappa shape index (κ2) is 4.57. The first kappa shape index (κ1) is 11.9. The molecule has 4 heteroatoms. The highest BCUT2D eigenvalue weighted by molar-refractivity contribution is 5.58. The molecule has 84 valence electrons. The molecule has 0 aromatic carbocycles. The second-order valence-electron chi connectivity index (χ2n) is 4.80. The minimum Gasteiger partial charge on any atom is -0.303 e. The highest BCUT2D eigenvalue weighted by Crippen LogP contribution is 2.13. The molecule has 0 aliphatic rings. The van der Waals surface area contributed by atoms with Crippen LogP contribution < -0.4 is 0 Å². The average molecular weight is 209 g/mol. The Kier molecular flexibility index (Phi) is 3.63. The summed E-state index contributed by atoms with van der Waals surface area (Å²) in [7, 11) is 3.91. The third-order valence-corrected chi connectivity index (χ3v) is 2.21. The number of aromatic nitrogens is 2. The molecule has 0 amide bonds. The van der Waals surface area contributed by atoms with Crippen molar-refractivity contribution in [3.05, 3.63) is 18.0 Å². The summed E-state index contributed by atoms with van der Waals surface area (Å²) in [5.74, 6) is 0. The Hall–Kier alpha value is -1.16. The molecule has 1 aromatic heterocycles. The molecule has 15 heavy (non-hydrogen) atoms. The Bertz CT molecular complexity index is 330. The summed E-state index contributed by atoms with van der Waals surface area (Å²) in [6, 6.07) is 0. The standard InChI is InChI=1S/C11H19N3O/c1-11(2,9-15)8-13(3)6-10-5-12-14(4)7-10/h5,7,9H,6,8H2,1-4H3. The van der Waals surface area contributed by atoms with Gasteiger partial charge < -0.3 is 9.69 Å². The molecule has 1 aromatic rings. The monoisotopic (exact) mass is 209 g/mol. The van der Waals surface area contributed by atoms with E-state index in [1.54, 1.807) is 4.68 Å². The summed E-state index contributed by atoms with van der Waals surface area (Å²) in [6.07, 6.45) is 4.85. The van der Waals surface area contributed by atoms with Gasteiger partial charge in [-0.3, -0.25) is 4.68 Å².